The minimum atomic E-state index is 0.0547. The third kappa shape index (κ3) is 4.08. The lowest BCUT2D eigenvalue weighted by molar-refractivity contribution is -0.122. The Labute approximate surface area is 114 Å². The van der Waals surface area contributed by atoms with Crippen LogP contribution in [0.2, 0.25) is 0 Å². The third-order valence-corrected chi connectivity index (χ3v) is 3.55. The lowest BCUT2D eigenvalue weighted by Gasteiger charge is -2.23. The van der Waals surface area contributed by atoms with Gasteiger partial charge in [0.1, 0.15) is 6.54 Å². The van der Waals surface area contributed by atoms with E-state index >= 15 is 0 Å². The number of carbonyl (C=O) groups is 1. The number of ether oxygens (including phenoxy) is 1. The molecular formula is C14H23N3O2. The van der Waals surface area contributed by atoms with E-state index in [9.17, 15) is 4.79 Å². The van der Waals surface area contributed by atoms with E-state index in [-0.39, 0.29) is 18.0 Å². The summed E-state index contributed by atoms with van der Waals surface area (Å²) < 4.78 is 7.16. The maximum atomic E-state index is 11.9. The van der Waals surface area contributed by atoms with Gasteiger partial charge in [-0.05, 0) is 30.9 Å². The van der Waals surface area contributed by atoms with Gasteiger partial charge in [-0.15, -0.1) is 0 Å². The Morgan fingerprint density at radius 3 is 3.00 bits per heavy atom. The van der Waals surface area contributed by atoms with Crippen molar-refractivity contribution in [3.8, 4) is 0 Å². The monoisotopic (exact) mass is 265 g/mol. The van der Waals surface area contributed by atoms with Crippen molar-refractivity contribution in [3.05, 3.63) is 24.0 Å². The molecule has 0 aromatic carbocycles. The van der Waals surface area contributed by atoms with Crippen LogP contribution in [0.3, 0.4) is 0 Å². The first-order valence-electron chi connectivity index (χ1n) is 6.97. The third-order valence-electron chi connectivity index (χ3n) is 3.55. The van der Waals surface area contributed by atoms with Gasteiger partial charge >= 0.3 is 0 Å². The summed E-state index contributed by atoms with van der Waals surface area (Å²) in [6, 6.07) is 2.30. The van der Waals surface area contributed by atoms with E-state index in [1.54, 1.807) is 0 Å². The average Bonchev–Trinajstić information content (AvgIpc) is 2.87. The highest BCUT2D eigenvalue weighted by Crippen LogP contribution is 2.13. The van der Waals surface area contributed by atoms with Crippen LogP contribution in [0.25, 0.3) is 0 Å². The highest BCUT2D eigenvalue weighted by molar-refractivity contribution is 5.76. The smallest absolute Gasteiger partial charge is 0.240 e. The lowest BCUT2D eigenvalue weighted by Crippen LogP contribution is -2.40. The molecule has 2 heterocycles. The number of nitrogens with one attached hydrogen (secondary N) is 1. The van der Waals surface area contributed by atoms with E-state index in [2.05, 4.69) is 12.2 Å². The van der Waals surface area contributed by atoms with Crippen LogP contribution in [0, 0.1) is 0 Å². The van der Waals surface area contributed by atoms with Gasteiger partial charge < -0.3 is 20.4 Å². The molecule has 1 unspecified atom stereocenters. The highest BCUT2D eigenvalue weighted by atomic mass is 16.5. The number of amides is 1. The number of hydrogen-bond donors (Lipinski definition) is 2. The molecule has 1 aromatic heterocycles. The van der Waals surface area contributed by atoms with Gasteiger partial charge in [0.15, 0.2) is 0 Å². The summed E-state index contributed by atoms with van der Waals surface area (Å²) in [6.07, 6.45) is 6.58. The summed E-state index contributed by atoms with van der Waals surface area (Å²) in [5.41, 5.74) is 7.04. The molecule has 5 heteroatoms. The van der Waals surface area contributed by atoms with Crippen LogP contribution >= 0.6 is 0 Å². The normalized spacial score (nSPS) is 18.2. The van der Waals surface area contributed by atoms with E-state index in [1.165, 1.54) is 0 Å². The Kier molecular flexibility index (Phi) is 4.99. The number of nitrogens with two attached hydrogens (primary N) is 1. The van der Waals surface area contributed by atoms with Gasteiger partial charge in [0, 0.05) is 37.7 Å². The first-order valence-corrected chi connectivity index (χ1v) is 6.97. The molecular weight excluding hydrogens is 242 g/mol. The van der Waals surface area contributed by atoms with Gasteiger partial charge in [-0.3, -0.25) is 4.79 Å². The van der Waals surface area contributed by atoms with Crippen LogP contribution in [0.5, 0.6) is 0 Å². The molecule has 0 radical (unpaired) electrons. The van der Waals surface area contributed by atoms with Crippen LogP contribution in [0.15, 0.2) is 18.5 Å². The van der Waals surface area contributed by atoms with E-state index in [4.69, 9.17) is 10.5 Å². The van der Waals surface area contributed by atoms with Crippen molar-refractivity contribution in [3.63, 3.8) is 0 Å². The predicted molar refractivity (Wildman–Crippen MR) is 73.6 cm³/mol. The zero-order valence-electron chi connectivity index (χ0n) is 11.5. The fourth-order valence-corrected chi connectivity index (χ4v) is 2.29. The van der Waals surface area contributed by atoms with Crippen molar-refractivity contribution in [1.29, 1.82) is 0 Å². The highest BCUT2D eigenvalue weighted by Gasteiger charge is 2.16. The molecule has 0 aliphatic carbocycles. The van der Waals surface area contributed by atoms with Crippen LogP contribution in [-0.2, 0) is 16.1 Å². The molecule has 106 valence electrons. The second-order valence-corrected chi connectivity index (χ2v) is 5.09. The van der Waals surface area contributed by atoms with Gasteiger partial charge in [-0.25, -0.2) is 0 Å². The van der Waals surface area contributed by atoms with Crippen molar-refractivity contribution in [1.82, 2.24) is 9.88 Å². The van der Waals surface area contributed by atoms with E-state index in [1.807, 2.05) is 23.0 Å². The van der Waals surface area contributed by atoms with Crippen LogP contribution in [-0.4, -0.2) is 29.7 Å². The predicted octanol–water partition coefficient (Wildman–Crippen LogP) is 1.19. The topological polar surface area (TPSA) is 69.3 Å². The summed E-state index contributed by atoms with van der Waals surface area (Å²) >= 11 is 0. The Hall–Kier alpha value is -1.33. The summed E-state index contributed by atoms with van der Waals surface area (Å²) in [5.74, 6) is 0.0547. The molecule has 5 nitrogen and oxygen atoms in total. The minimum absolute atomic E-state index is 0.0547. The van der Waals surface area contributed by atoms with Crippen LogP contribution < -0.4 is 11.1 Å². The molecule has 1 saturated heterocycles. The maximum Gasteiger partial charge on any atom is 0.240 e. The number of rotatable bonds is 5. The molecule has 3 N–H and O–H groups in total. The number of aromatic nitrogens is 1. The van der Waals surface area contributed by atoms with Crippen LogP contribution in [0.1, 0.15) is 37.8 Å². The Morgan fingerprint density at radius 2 is 2.32 bits per heavy atom. The maximum absolute atomic E-state index is 11.9. The Balaban J connectivity index is 1.82. The first kappa shape index (κ1) is 14.1. The van der Waals surface area contributed by atoms with E-state index < -0.39 is 0 Å². The lowest BCUT2D eigenvalue weighted by atomic mass is 10.1. The summed E-state index contributed by atoms with van der Waals surface area (Å²) in [6.45, 7) is 3.89. The second kappa shape index (κ2) is 6.73. The largest absolute Gasteiger partial charge is 0.381 e. The standard InChI is InChI=1S/C14H23N3O2/c1-2-13(15)11-3-6-17(9-11)10-14(18)16-12-4-7-19-8-5-12/h3,6,9,12-13H,2,4-5,7-8,10,15H2,1H3,(H,16,18). The molecule has 1 aromatic rings. The molecule has 1 atom stereocenters. The zero-order valence-corrected chi connectivity index (χ0v) is 11.5. The quantitative estimate of drug-likeness (QED) is 0.840. The fourth-order valence-electron chi connectivity index (χ4n) is 2.29. The number of carbonyl (C=O) groups excluding carboxylic acids is 1. The average molecular weight is 265 g/mol. The van der Waals surface area contributed by atoms with Gasteiger partial charge in [0.05, 0.1) is 0 Å². The summed E-state index contributed by atoms with van der Waals surface area (Å²) in [5, 5.41) is 3.05. The fraction of sp³-hybridized carbons (Fsp3) is 0.643. The Bertz CT molecular complexity index is 411. The second-order valence-electron chi connectivity index (χ2n) is 5.09. The molecule has 1 aliphatic rings. The Morgan fingerprint density at radius 1 is 1.58 bits per heavy atom. The molecule has 1 aliphatic heterocycles. The summed E-state index contributed by atoms with van der Waals surface area (Å²) in [4.78, 5) is 11.9. The van der Waals surface area contributed by atoms with E-state index in [0.29, 0.717) is 6.54 Å². The molecule has 0 spiro atoms. The molecule has 19 heavy (non-hydrogen) atoms. The van der Waals surface area contributed by atoms with Gasteiger partial charge in [0.25, 0.3) is 0 Å². The van der Waals surface area contributed by atoms with Crippen LogP contribution in [0.4, 0.5) is 0 Å². The minimum Gasteiger partial charge on any atom is -0.381 e. The molecule has 1 fully saturated rings. The van der Waals surface area contributed by atoms with E-state index in [0.717, 1.165) is 38.0 Å². The van der Waals surface area contributed by atoms with Crippen molar-refractivity contribution < 1.29 is 9.53 Å². The van der Waals surface area contributed by atoms with Crippen molar-refractivity contribution >= 4 is 5.91 Å². The summed E-state index contributed by atoms with van der Waals surface area (Å²) in [7, 11) is 0. The number of nitrogens with zero attached hydrogens (tertiary/aromatic N) is 1. The molecule has 1 amide bonds. The molecule has 0 bridgehead atoms. The van der Waals surface area contributed by atoms with Gasteiger partial charge in [-0.1, -0.05) is 6.92 Å². The van der Waals surface area contributed by atoms with Crippen molar-refractivity contribution in [2.45, 2.75) is 44.8 Å². The van der Waals surface area contributed by atoms with Crippen molar-refractivity contribution in [2.75, 3.05) is 13.2 Å². The van der Waals surface area contributed by atoms with Gasteiger partial charge in [0.2, 0.25) is 5.91 Å². The zero-order chi connectivity index (χ0) is 13.7. The number of hydrogen-bond acceptors (Lipinski definition) is 3. The SMILES string of the molecule is CCC(N)c1ccn(CC(=O)NC2CCOCC2)c1. The van der Waals surface area contributed by atoms with Gasteiger partial charge in [-0.2, -0.15) is 0 Å². The first-order chi connectivity index (χ1) is 9.19. The molecule has 2 rings (SSSR count). The van der Waals surface area contributed by atoms with Crippen molar-refractivity contribution in [2.24, 2.45) is 5.73 Å². The molecule has 0 saturated carbocycles.